The van der Waals surface area contributed by atoms with E-state index in [-0.39, 0.29) is 11.1 Å². The third kappa shape index (κ3) is 5.32. The van der Waals surface area contributed by atoms with Gasteiger partial charge in [-0.2, -0.15) is 0 Å². The molecule has 3 aromatic rings. The van der Waals surface area contributed by atoms with Gasteiger partial charge >= 0.3 is 5.97 Å². The van der Waals surface area contributed by atoms with Crippen molar-refractivity contribution in [1.82, 2.24) is 0 Å². The van der Waals surface area contributed by atoms with E-state index in [2.05, 4.69) is 25.8 Å². The lowest BCUT2D eigenvalue weighted by atomic mass is 9.87. The number of nitrogens with zero attached hydrogens (tertiary/aromatic N) is 1. The highest BCUT2D eigenvalue weighted by molar-refractivity contribution is 6.12. The molecule has 3 aromatic carbocycles. The van der Waals surface area contributed by atoms with E-state index in [1.54, 1.807) is 13.2 Å². The Kier molecular flexibility index (Phi) is 6.31. The average Bonchev–Trinajstić information content (AvgIpc) is 3.18. The molecule has 0 N–H and O–H groups in total. The van der Waals surface area contributed by atoms with Crippen LogP contribution in [0.1, 0.15) is 43.0 Å². The van der Waals surface area contributed by atoms with Crippen LogP contribution in [0.15, 0.2) is 83.5 Å². The lowest BCUT2D eigenvalue weighted by Crippen LogP contribution is -2.11. The fourth-order valence-electron chi connectivity index (χ4n) is 3.43. The second-order valence-electron chi connectivity index (χ2n) is 8.85. The molecule has 0 atom stereocenters. The summed E-state index contributed by atoms with van der Waals surface area (Å²) in [6.45, 7) is 6.88. The Morgan fingerprint density at radius 2 is 1.67 bits per heavy atom. The average molecular weight is 442 g/mol. The highest BCUT2D eigenvalue weighted by Crippen LogP contribution is 2.31. The Morgan fingerprint density at radius 1 is 0.939 bits per heavy atom. The standard InChI is InChI=1S/C28H27NO4/c1-28(2,3)22-13-11-21(12-14-22)26-29-23(27(30)33-26)16-20-10-15-24(31-4)25(17-20)32-18-19-8-6-5-7-9-19/h5-17H,18H2,1-4H3/b23-16-. The first-order valence-corrected chi connectivity index (χ1v) is 10.8. The van der Waals surface area contributed by atoms with Gasteiger partial charge in [0.2, 0.25) is 5.90 Å². The van der Waals surface area contributed by atoms with Gasteiger partial charge in [-0.1, -0.05) is 69.3 Å². The van der Waals surface area contributed by atoms with Crippen LogP contribution in [0.2, 0.25) is 0 Å². The second-order valence-corrected chi connectivity index (χ2v) is 8.85. The molecule has 1 heterocycles. The van der Waals surface area contributed by atoms with Gasteiger partial charge in [-0.3, -0.25) is 0 Å². The highest BCUT2D eigenvalue weighted by atomic mass is 16.6. The van der Waals surface area contributed by atoms with Gasteiger partial charge in [-0.15, -0.1) is 0 Å². The summed E-state index contributed by atoms with van der Waals surface area (Å²) in [5.74, 6) is 1.03. The summed E-state index contributed by atoms with van der Waals surface area (Å²) in [7, 11) is 1.60. The third-order valence-corrected chi connectivity index (χ3v) is 5.35. The number of cyclic esters (lactones) is 1. The van der Waals surface area contributed by atoms with Crippen LogP contribution in [0.4, 0.5) is 0 Å². The Bertz CT molecular complexity index is 1200. The molecule has 168 valence electrons. The van der Waals surface area contributed by atoms with Crippen molar-refractivity contribution >= 4 is 17.9 Å². The summed E-state index contributed by atoms with van der Waals surface area (Å²) in [4.78, 5) is 16.9. The molecule has 0 aliphatic carbocycles. The maximum Gasteiger partial charge on any atom is 0.363 e. The van der Waals surface area contributed by atoms with Crippen molar-refractivity contribution in [1.29, 1.82) is 0 Å². The fraction of sp³-hybridized carbons (Fsp3) is 0.214. The summed E-state index contributed by atoms with van der Waals surface area (Å²) in [5.41, 5.74) is 4.07. The summed E-state index contributed by atoms with van der Waals surface area (Å²) < 4.78 is 16.8. The minimum Gasteiger partial charge on any atom is -0.493 e. The van der Waals surface area contributed by atoms with Gasteiger partial charge in [-0.05, 0) is 52.4 Å². The number of aliphatic imine (C=N–C) groups is 1. The molecule has 5 heteroatoms. The number of carbonyl (C=O) groups is 1. The smallest absolute Gasteiger partial charge is 0.363 e. The number of carbonyl (C=O) groups excluding carboxylic acids is 1. The van der Waals surface area contributed by atoms with Crippen LogP contribution < -0.4 is 9.47 Å². The van der Waals surface area contributed by atoms with Crippen molar-refractivity contribution in [2.75, 3.05) is 7.11 Å². The molecule has 0 aromatic heterocycles. The summed E-state index contributed by atoms with van der Waals surface area (Å²) in [5, 5.41) is 0. The Balaban J connectivity index is 1.56. The lowest BCUT2D eigenvalue weighted by Gasteiger charge is -2.18. The van der Waals surface area contributed by atoms with Crippen molar-refractivity contribution in [3.05, 3.63) is 101 Å². The topological polar surface area (TPSA) is 57.1 Å². The normalized spacial score (nSPS) is 14.7. The first-order chi connectivity index (χ1) is 15.8. The minimum atomic E-state index is -0.479. The van der Waals surface area contributed by atoms with E-state index in [4.69, 9.17) is 14.2 Å². The highest BCUT2D eigenvalue weighted by Gasteiger charge is 2.25. The van der Waals surface area contributed by atoms with Crippen LogP contribution in [0, 0.1) is 0 Å². The van der Waals surface area contributed by atoms with E-state index in [1.807, 2.05) is 72.8 Å². The Hall–Kier alpha value is -3.86. The zero-order chi connectivity index (χ0) is 23.4. The summed E-state index contributed by atoms with van der Waals surface area (Å²) in [6.07, 6.45) is 1.69. The molecule has 0 saturated heterocycles. The number of ether oxygens (including phenoxy) is 3. The van der Waals surface area contributed by atoms with Crippen molar-refractivity contribution < 1.29 is 19.0 Å². The Morgan fingerprint density at radius 3 is 2.33 bits per heavy atom. The molecule has 33 heavy (non-hydrogen) atoms. The fourth-order valence-corrected chi connectivity index (χ4v) is 3.43. The molecule has 1 aliphatic rings. The zero-order valence-corrected chi connectivity index (χ0v) is 19.3. The number of hydrogen-bond donors (Lipinski definition) is 0. The molecule has 0 saturated carbocycles. The second kappa shape index (κ2) is 9.33. The van der Waals surface area contributed by atoms with Crippen LogP contribution in [0.25, 0.3) is 6.08 Å². The maximum atomic E-state index is 12.4. The van der Waals surface area contributed by atoms with Gasteiger partial charge in [-0.25, -0.2) is 9.79 Å². The lowest BCUT2D eigenvalue weighted by molar-refractivity contribution is -0.129. The monoisotopic (exact) mass is 441 g/mol. The molecule has 0 amide bonds. The molecule has 0 bridgehead atoms. The van der Waals surface area contributed by atoms with Crippen LogP contribution in [-0.4, -0.2) is 19.0 Å². The van der Waals surface area contributed by atoms with Gasteiger partial charge in [0, 0.05) is 5.56 Å². The van der Waals surface area contributed by atoms with E-state index in [0.29, 0.717) is 24.0 Å². The predicted molar refractivity (Wildman–Crippen MR) is 130 cm³/mol. The number of benzene rings is 3. The van der Waals surface area contributed by atoms with Gasteiger partial charge in [0.1, 0.15) is 6.61 Å². The maximum absolute atomic E-state index is 12.4. The van der Waals surface area contributed by atoms with Crippen LogP contribution in [-0.2, 0) is 21.6 Å². The number of methoxy groups -OCH3 is 1. The van der Waals surface area contributed by atoms with Crippen LogP contribution >= 0.6 is 0 Å². The molecule has 5 nitrogen and oxygen atoms in total. The first kappa shape index (κ1) is 22.3. The largest absolute Gasteiger partial charge is 0.493 e. The quantitative estimate of drug-likeness (QED) is 0.352. The van der Waals surface area contributed by atoms with Crippen molar-refractivity contribution in [3.8, 4) is 11.5 Å². The summed E-state index contributed by atoms with van der Waals surface area (Å²) >= 11 is 0. The van der Waals surface area contributed by atoms with Gasteiger partial charge < -0.3 is 14.2 Å². The molecule has 1 aliphatic heterocycles. The van der Waals surface area contributed by atoms with Crippen LogP contribution in [0.5, 0.6) is 11.5 Å². The summed E-state index contributed by atoms with van der Waals surface area (Å²) in [6, 6.07) is 23.3. The molecule has 0 spiro atoms. The number of esters is 1. The van der Waals surface area contributed by atoms with E-state index in [0.717, 1.165) is 16.7 Å². The van der Waals surface area contributed by atoms with Crippen molar-refractivity contribution in [2.24, 2.45) is 4.99 Å². The van der Waals surface area contributed by atoms with Crippen molar-refractivity contribution in [2.45, 2.75) is 32.8 Å². The van der Waals surface area contributed by atoms with E-state index in [9.17, 15) is 4.79 Å². The molecular formula is C28H27NO4. The predicted octanol–water partition coefficient (Wildman–Crippen LogP) is 5.92. The van der Waals surface area contributed by atoms with E-state index < -0.39 is 5.97 Å². The van der Waals surface area contributed by atoms with Crippen molar-refractivity contribution in [3.63, 3.8) is 0 Å². The van der Waals surface area contributed by atoms with Gasteiger partial charge in [0.15, 0.2) is 17.2 Å². The van der Waals surface area contributed by atoms with Gasteiger partial charge in [0.05, 0.1) is 7.11 Å². The minimum absolute atomic E-state index is 0.0480. The Labute approximate surface area is 194 Å². The third-order valence-electron chi connectivity index (χ3n) is 5.35. The molecular weight excluding hydrogens is 414 g/mol. The molecule has 0 radical (unpaired) electrons. The SMILES string of the molecule is COc1ccc(/C=C2\N=C(c3ccc(C(C)(C)C)cc3)OC2=O)cc1OCc1ccccc1. The molecule has 0 fully saturated rings. The van der Waals surface area contributed by atoms with E-state index >= 15 is 0 Å². The van der Waals surface area contributed by atoms with Gasteiger partial charge in [0.25, 0.3) is 0 Å². The zero-order valence-electron chi connectivity index (χ0n) is 19.3. The number of rotatable bonds is 6. The number of hydrogen-bond acceptors (Lipinski definition) is 5. The molecule has 0 unspecified atom stereocenters. The first-order valence-electron chi connectivity index (χ1n) is 10.8. The van der Waals surface area contributed by atoms with E-state index in [1.165, 1.54) is 5.56 Å². The molecule has 4 rings (SSSR count). The van der Waals surface area contributed by atoms with Crippen LogP contribution in [0.3, 0.4) is 0 Å².